The van der Waals surface area contributed by atoms with Crippen molar-refractivity contribution in [3.05, 3.63) is 28.2 Å². The number of aliphatic carboxylic acids is 1. The molecule has 17 heavy (non-hydrogen) atoms. The summed E-state index contributed by atoms with van der Waals surface area (Å²) in [7, 11) is 0. The van der Waals surface area contributed by atoms with Gasteiger partial charge in [0.05, 0.1) is 5.41 Å². The Bertz CT molecular complexity index is 441. The Morgan fingerprint density at radius 1 is 1.53 bits per heavy atom. The summed E-state index contributed by atoms with van der Waals surface area (Å²) < 4.78 is 1.00. The van der Waals surface area contributed by atoms with Crippen molar-refractivity contribution in [2.24, 2.45) is 5.41 Å². The first-order chi connectivity index (χ1) is 8.03. The molecule has 3 nitrogen and oxygen atoms in total. The maximum atomic E-state index is 11.2. The van der Waals surface area contributed by atoms with Gasteiger partial charge in [0.2, 0.25) is 0 Å². The van der Waals surface area contributed by atoms with Crippen LogP contribution in [-0.2, 0) is 4.79 Å². The average molecular weight is 298 g/mol. The predicted octanol–water partition coefficient (Wildman–Crippen LogP) is 3.42. The standard InChI is InChI=1S/C13H16BrNO2/c1-9-3-4-10(14)7-11(9)15-8-13(12(16)17)5-2-6-13/h3-4,7,15H,2,5-6,8H2,1H3,(H,16,17). The van der Waals surface area contributed by atoms with Crippen LogP contribution in [0.15, 0.2) is 22.7 Å². The van der Waals surface area contributed by atoms with Gasteiger partial charge in [-0.05, 0) is 37.5 Å². The van der Waals surface area contributed by atoms with Crippen LogP contribution in [-0.4, -0.2) is 17.6 Å². The predicted molar refractivity (Wildman–Crippen MR) is 71.3 cm³/mol. The van der Waals surface area contributed by atoms with E-state index in [1.807, 2.05) is 25.1 Å². The number of hydrogen-bond acceptors (Lipinski definition) is 2. The minimum absolute atomic E-state index is 0.514. The molecule has 92 valence electrons. The summed E-state index contributed by atoms with van der Waals surface area (Å²) in [6.45, 7) is 2.53. The van der Waals surface area contributed by atoms with Crippen molar-refractivity contribution < 1.29 is 9.90 Å². The lowest BCUT2D eigenvalue weighted by Gasteiger charge is -2.38. The number of carboxylic acid groups (broad SMARTS) is 1. The van der Waals surface area contributed by atoms with E-state index in [9.17, 15) is 9.90 Å². The Morgan fingerprint density at radius 3 is 2.76 bits per heavy atom. The van der Waals surface area contributed by atoms with Crippen LogP contribution < -0.4 is 5.32 Å². The molecule has 0 spiro atoms. The summed E-state index contributed by atoms with van der Waals surface area (Å²) >= 11 is 3.42. The topological polar surface area (TPSA) is 49.3 Å². The zero-order valence-electron chi connectivity index (χ0n) is 9.79. The first-order valence-corrected chi connectivity index (χ1v) is 6.56. The molecule has 1 aromatic rings. The summed E-state index contributed by atoms with van der Waals surface area (Å²) in [5.74, 6) is -0.677. The van der Waals surface area contributed by atoms with E-state index >= 15 is 0 Å². The molecule has 4 heteroatoms. The second-order valence-electron chi connectivity index (χ2n) is 4.75. The maximum absolute atomic E-state index is 11.2. The Morgan fingerprint density at radius 2 is 2.24 bits per heavy atom. The molecule has 0 radical (unpaired) electrons. The molecule has 0 aliphatic heterocycles. The van der Waals surface area contributed by atoms with E-state index < -0.39 is 11.4 Å². The molecule has 1 aliphatic rings. The smallest absolute Gasteiger partial charge is 0.311 e. The van der Waals surface area contributed by atoms with Crippen LogP contribution in [0.5, 0.6) is 0 Å². The third-order valence-electron chi connectivity index (χ3n) is 3.58. The normalized spacial score (nSPS) is 17.3. The highest BCUT2D eigenvalue weighted by atomic mass is 79.9. The molecule has 1 saturated carbocycles. The van der Waals surface area contributed by atoms with Crippen LogP contribution >= 0.6 is 15.9 Å². The third-order valence-corrected chi connectivity index (χ3v) is 4.07. The molecule has 0 atom stereocenters. The Labute approximate surface area is 109 Å². The summed E-state index contributed by atoms with van der Waals surface area (Å²) in [5.41, 5.74) is 1.59. The fourth-order valence-electron chi connectivity index (χ4n) is 2.12. The van der Waals surface area contributed by atoms with Crippen molar-refractivity contribution >= 4 is 27.6 Å². The molecule has 0 bridgehead atoms. The largest absolute Gasteiger partial charge is 0.481 e. The number of anilines is 1. The van der Waals surface area contributed by atoms with E-state index in [2.05, 4.69) is 21.2 Å². The molecule has 0 heterocycles. The molecular formula is C13H16BrNO2. The van der Waals surface area contributed by atoms with Crippen LogP contribution in [0.25, 0.3) is 0 Å². The van der Waals surface area contributed by atoms with E-state index in [0.717, 1.165) is 35.0 Å². The van der Waals surface area contributed by atoms with Gasteiger partial charge in [-0.25, -0.2) is 0 Å². The first kappa shape index (κ1) is 12.4. The lowest BCUT2D eigenvalue weighted by Crippen LogP contribution is -2.43. The molecular weight excluding hydrogens is 282 g/mol. The van der Waals surface area contributed by atoms with Gasteiger partial charge in [-0.1, -0.05) is 28.4 Å². The first-order valence-electron chi connectivity index (χ1n) is 5.77. The summed E-state index contributed by atoms with van der Waals surface area (Å²) in [6, 6.07) is 5.99. The second kappa shape index (κ2) is 4.69. The quantitative estimate of drug-likeness (QED) is 0.895. The van der Waals surface area contributed by atoms with Gasteiger partial charge < -0.3 is 10.4 Å². The third kappa shape index (κ3) is 2.46. The van der Waals surface area contributed by atoms with Crippen LogP contribution in [0, 0.1) is 12.3 Å². The lowest BCUT2D eigenvalue weighted by atomic mass is 9.69. The number of rotatable bonds is 4. The molecule has 1 aliphatic carbocycles. The Hall–Kier alpha value is -1.03. The van der Waals surface area contributed by atoms with Crippen molar-refractivity contribution in [1.82, 2.24) is 0 Å². The maximum Gasteiger partial charge on any atom is 0.311 e. The molecule has 0 unspecified atom stereocenters. The average Bonchev–Trinajstić information content (AvgIpc) is 2.21. The van der Waals surface area contributed by atoms with Gasteiger partial charge >= 0.3 is 5.97 Å². The highest BCUT2D eigenvalue weighted by Gasteiger charge is 2.44. The molecule has 0 saturated heterocycles. The number of carbonyl (C=O) groups is 1. The number of halogens is 1. The Balaban J connectivity index is 2.07. The van der Waals surface area contributed by atoms with Gasteiger partial charge in [-0.3, -0.25) is 4.79 Å². The summed E-state index contributed by atoms with van der Waals surface area (Å²) in [6.07, 6.45) is 2.58. The van der Waals surface area contributed by atoms with Gasteiger partial charge in [0.1, 0.15) is 0 Å². The molecule has 1 fully saturated rings. The van der Waals surface area contributed by atoms with Gasteiger partial charge in [-0.2, -0.15) is 0 Å². The lowest BCUT2D eigenvalue weighted by molar-refractivity contribution is -0.153. The summed E-state index contributed by atoms with van der Waals surface area (Å²) in [4.78, 5) is 11.2. The number of aryl methyl sites for hydroxylation is 1. The van der Waals surface area contributed by atoms with Crippen LogP contribution in [0.4, 0.5) is 5.69 Å². The van der Waals surface area contributed by atoms with E-state index in [1.165, 1.54) is 0 Å². The van der Waals surface area contributed by atoms with Gasteiger partial charge in [0.15, 0.2) is 0 Å². The van der Waals surface area contributed by atoms with Crippen molar-refractivity contribution in [3.63, 3.8) is 0 Å². The van der Waals surface area contributed by atoms with Crippen molar-refractivity contribution in [2.45, 2.75) is 26.2 Å². The highest BCUT2D eigenvalue weighted by molar-refractivity contribution is 9.10. The van der Waals surface area contributed by atoms with Crippen molar-refractivity contribution in [2.75, 3.05) is 11.9 Å². The number of hydrogen-bond donors (Lipinski definition) is 2. The van der Waals surface area contributed by atoms with Crippen molar-refractivity contribution in [3.8, 4) is 0 Å². The SMILES string of the molecule is Cc1ccc(Br)cc1NCC1(C(=O)O)CCC1. The molecule has 0 amide bonds. The van der Waals surface area contributed by atoms with Gasteiger partial charge in [0, 0.05) is 16.7 Å². The number of nitrogens with one attached hydrogen (secondary N) is 1. The molecule has 2 rings (SSSR count). The highest BCUT2D eigenvalue weighted by Crippen LogP contribution is 2.41. The van der Waals surface area contributed by atoms with Gasteiger partial charge in [0.25, 0.3) is 0 Å². The molecule has 2 N–H and O–H groups in total. The minimum atomic E-state index is -0.677. The van der Waals surface area contributed by atoms with E-state index in [-0.39, 0.29) is 0 Å². The number of carboxylic acids is 1. The van der Waals surface area contributed by atoms with Gasteiger partial charge in [-0.15, -0.1) is 0 Å². The van der Waals surface area contributed by atoms with E-state index in [0.29, 0.717) is 6.54 Å². The zero-order chi connectivity index (χ0) is 12.5. The Kier molecular flexibility index (Phi) is 3.43. The summed E-state index contributed by atoms with van der Waals surface area (Å²) in [5, 5.41) is 12.5. The molecule has 0 aromatic heterocycles. The minimum Gasteiger partial charge on any atom is -0.481 e. The molecule has 1 aromatic carbocycles. The monoisotopic (exact) mass is 297 g/mol. The zero-order valence-corrected chi connectivity index (χ0v) is 11.4. The van der Waals surface area contributed by atoms with Crippen LogP contribution in [0.1, 0.15) is 24.8 Å². The van der Waals surface area contributed by atoms with Crippen LogP contribution in [0.2, 0.25) is 0 Å². The van der Waals surface area contributed by atoms with Crippen molar-refractivity contribution in [1.29, 1.82) is 0 Å². The van der Waals surface area contributed by atoms with E-state index in [4.69, 9.17) is 0 Å². The van der Waals surface area contributed by atoms with E-state index in [1.54, 1.807) is 0 Å². The van der Waals surface area contributed by atoms with Crippen LogP contribution in [0.3, 0.4) is 0 Å². The fraction of sp³-hybridized carbons (Fsp3) is 0.462. The fourth-order valence-corrected chi connectivity index (χ4v) is 2.48. The second-order valence-corrected chi connectivity index (χ2v) is 5.67. The number of benzene rings is 1.